The van der Waals surface area contributed by atoms with Crippen LogP contribution in [-0.2, 0) is 4.79 Å². The van der Waals surface area contributed by atoms with Crippen molar-refractivity contribution in [3.05, 3.63) is 28.0 Å². The number of carboxylic acid groups (broad SMARTS) is 1. The maximum absolute atomic E-state index is 12.0. The second-order valence-corrected chi connectivity index (χ2v) is 6.07. The Hall–Kier alpha value is -1.33. The van der Waals surface area contributed by atoms with Gasteiger partial charge in [0.15, 0.2) is 0 Å². The van der Waals surface area contributed by atoms with Crippen molar-refractivity contribution >= 4 is 35.1 Å². The summed E-state index contributed by atoms with van der Waals surface area (Å²) in [7, 11) is 0. The number of hydrogen-bond acceptors (Lipinski definition) is 3. The van der Waals surface area contributed by atoms with Crippen LogP contribution in [0.25, 0.3) is 0 Å². The summed E-state index contributed by atoms with van der Waals surface area (Å²) in [6.45, 7) is 4.32. The van der Waals surface area contributed by atoms with Crippen LogP contribution in [0.4, 0.5) is 0 Å². The summed E-state index contributed by atoms with van der Waals surface area (Å²) in [6, 6.07) is 1.43. The van der Waals surface area contributed by atoms with Crippen LogP contribution in [0, 0.1) is 11.8 Å². The number of nitrogens with one attached hydrogen (secondary N) is 1. The summed E-state index contributed by atoms with van der Waals surface area (Å²) in [5, 5.41) is 11.9. The number of nitrogens with zero attached hydrogens (tertiary/aromatic N) is 1. The van der Waals surface area contributed by atoms with E-state index >= 15 is 0 Å². The van der Waals surface area contributed by atoms with E-state index in [1.165, 1.54) is 12.3 Å². The Balaban J connectivity index is 2.63. The summed E-state index contributed by atoms with van der Waals surface area (Å²) < 4.78 is 0. The van der Waals surface area contributed by atoms with Crippen LogP contribution in [0.3, 0.4) is 0 Å². The van der Waals surface area contributed by atoms with Gasteiger partial charge in [-0.1, -0.05) is 37.0 Å². The average molecular weight is 333 g/mol. The molecule has 0 saturated carbocycles. The fraction of sp³-hybridized carbons (Fsp3) is 0.500. The van der Waals surface area contributed by atoms with Gasteiger partial charge in [0.25, 0.3) is 5.91 Å². The van der Waals surface area contributed by atoms with E-state index in [0.717, 1.165) is 6.42 Å². The lowest BCUT2D eigenvalue weighted by atomic mass is 9.94. The first-order valence-electron chi connectivity index (χ1n) is 6.60. The van der Waals surface area contributed by atoms with Gasteiger partial charge in [0.05, 0.1) is 10.6 Å². The molecule has 5 nitrogen and oxygen atoms in total. The molecule has 1 rings (SSSR count). The van der Waals surface area contributed by atoms with Gasteiger partial charge in [-0.15, -0.1) is 0 Å². The van der Waals surface area contributed by atoms with E-state index in [9.17, 15) is 9.59 Å². The summed E-state index contributed by atoms with van der Waals surface area (Å²) in [6.07, 6.45) is 2.09. The standard InChI is InChI=1S/C14H18Cl2N2O3/c1-8(2)3-9(4-12(19)20)6-18-14(21)10-5-11(15)13(16)17-7-10/h5,7-9H,3-4,6H2,1-2H3,(H,18,21)(H,19,20). The molecule has 1 heterocycles. The summed E-state index contributed by atoms with van der Waals surface area (Å²) >= 11 is 11.5. The molecular formula is C14H18Cl2N2O3. The van der Waals surface area contributed by atoms with Crippen LogP contribution < -0.4 is 5.32 Å². The minimum Gasteiger partial charge on any atom is -0.481 e. The largest absolute Gasteiger partial charge is 0.481 e. The van der Waals surface area contributed by atoms with Gasteiger partial charge < -0.3 is 10.4 Å². The van der Waals surface area contributed by atoms with Crippen LogP contribution in [0.2, 0.25) is 10.2 Å². The van der Waals surface area contributed by atoms with Crippen molar-refractivity contribution in [1.82, 2.24) is 10.3 Å². The Bertz CT molecular complexity index is 521. The molecule has 116 valence electrons. The van der Waals surface area contributed by atoms with Crippen LogP contribution in [0.5, 0.6) is 0 Å². The highest BCUT2D eigenvalue weighted by atomic mass is 35.5. The molecule has 1 atom stereocenters. The summed E-state index contributed by atoms with van der Waals surface area (Å²) in [4.78, 5) is 26.6. The number of pyridine rings is 1. The van der Waals surface area contributed by atoms with Crippen molar-refractivity contribution in [2.45, 2.75) is 26.7 Å². The van der Waals surface area contributed by atoms with E-state index in [0.29, 0.717) is 18.0 Å². The molecule has 0 radical (unpaired) electrons. The normalized spacial score (nSPS) is 12.2. The van der Waals surface area contributed by atoms with Gasteiger partial charge in [-0.3, -0.25) is 9.59 Å². The highest BCUT2D eigenvalue weighted by Crippen LogP contribution is 2.20. The smallest absolute Gasteiger partial charge is 0.303 e. The average Bonchev–Trinajstić information content (AvgIpc) is 2.37. The van der Waals surface area contributed by atoms with Crippen LogP contribution in [-0.4, -0.2) is 28.5 Å². The maximum atomic E-state index is 12.0. The molecule has 0 fully saturated rings. The lowest BCUT2D eigenvalue weighted by Crippen LogP contribution is -2.31. The van der Waals surface area contributed by atoms with Gasteiger partial charge in [0.2, 0.25) is 0 Å². The molecule has 21 heavy (non-hydrogen) atoms. The molecular weight excluding hydrogens is 315 g/mol. The summed E-state index contributed by atoms with van der Waals surface area (Å²) in [5.41, 5.74) is 0.294. The molecule has 7 heteroatoms. The Morgan fingerprint density at radius 1 is 1.38 bits per heavy atom. The topological polar surface area (TPSA) is 79.3 Å². The molecule has 1 aromatic heterocycles. The SMILES string of the molecule is CC(C)CC(CNC(=O)c1cnc(Cl)c(Cl)c1)CC(=O)O. The molecule has 0 aromatic carbocycles. The molecule has 1 amide bonds. The number of aromatic nitrogens is 1. The first-order chi connectivity index (χ1) is 9.79. The van der Waals surface area contributed by atoms with Gasteiger partial charge in [-0.2, -0.15) is 0 Å². The van der Waals surface area contributed by atoms with Crippen molar-refractivity contribution in [1.29, 1.82) is 0 Å². The predicted octanol–water partition coefficient (Wildman–Crippen LogP) is 3.26. The Kier molecular flexibility index (Phi) is 6.92. The number of amides is 1. The van der Waals surface area contributed by atoms with E-state index in [2.05, 4.69) is 10.3 Å². The predicted molar refractivity (Wildman–Crippen MR) is 81.8 cm³/mol. The fourth-order valence-corrected chi connectivity index (χ4v) is 2.31. The number of halogens is 2. The van der Waals surface area contributed by atoms with Crippen LogP contribution in [0.15, 0.2) is 12.3 Å². The first kappa shape index (κ1) is 17.7. The molecule has 0 bridgehead atoms. The third-order valence-electron chi connectivity index (χ3n) is 2.88. The first-order valence-corrected chi connectivity index (χ1v) is 7.36. The van der Waals surface area contributed by atoms with E-state index in [1.807, 2.05) is 13.8 Å². The monoisotopic (exact) mass is 332 g/mol. The summed E-state index contributed by atoms with van der Waals surface area (Å²) in [5.74, 6) is -0.966. The van der Waals surface area contributed by atoms with Gasteiger partial charge in [0, 0.05) is 19.2 Å². The third kappa shape index (κ3) is 6.31. The molecule has 0 aliphatic heterocycles. The van der Waals surface area contributed by atoms with E-state index in [-0.39, 0.29) is 28.4 Å². The van der Waals surface area contributed by atoms with Crippen LogP contribution in [0.1, 0.15) is 37.0 Å². The van der Waals surface area contributed by atoms with Crippen molar-refractivity contribution in [2.24, 2.45) is 11.8 Å². The zero-order valence-electron chi connectivity index (χ0n) is 11.9. The van der Waals surface area contributed by atoms with E-state index in [1.54, 1.807) is 0 Å². The Morgan fingerprint density at radius 2 is 2.05 bits per heavy atom. The second-order valence-electron chi connectivity index (χ2n) is 5.30. The highest BCUT2D eigenvalue weighted by Gasteiger charge is 2.17. The molecule has 0 aliphatic carbocycles. The molecule has 1 unspecified atom stereocenters. The molecule has 0 spiro atoms. The van der Waals surface area contributed by atoms with Crippen molar-refractivity contribution in [3.8, 4) is 0 Å². The fourth-order valence-electron chi connectivity index (χ4n) is 2.04. The molecule has 0 saturated heterocycles. The number of carboxylic acids is 1. The van der Waals surface area contributed by atoms with Gasteiger partial charge in [-0.05, 0) is 24.3 Å². The van der Waals surface area contributed by atoms with Gasteiger partial charge in [-0.25, -0.2) is 4.98 Å². The minimum atomic E-state index is -0.869. The van der Waals surface area contributed by atoms with E-state index < -0.39 is 5.97 Å². The number of carbonyl (C=O) groups excluding carboxylic acids is 1. The van der Waals surface area contributed by atoms with E-state index in [4.69, 9.17) is 28.3 Å². The zero-order chi connectivity index (χ0) is 16.0. The maximum Gasteiger partial charge on any atom is 0.303 e. The van der Waals surface area contributed by atoms with Gasteiger partial charge >= 0.3 is 5.97 Å². The molecule has 0 aliphatic rings. The third-order valence-corrected chi connectivity index (χ3v) is 3.56. The zero-order valence-corrected chi connectivity index (χ0v) is 13.4. The van der Waals surface area contributed by atoms with Crippen molar-refractivity contribution in [2.75, 3.05) is 6.54 Å². The van der Waals surface area contributed by atoms with Crippen molar-refractivity contribution in [3.63, 3.8) is 0 Å². The van der Waals surface area contributed by atoms with Crippen molar-refractivity contribution < 1.29 is 14.7 Å². The minimum absolute atomic E-state index is 0.0259. The lowest BCUT2D eigenvalue weighted by Gasteiger charge is -2.17. The quantitative estimate of drug-likeness (QED) is 0.751. The second kappa shape index (κ2) is 8.20. The molecule has 2 N–H and O–H groups in total. The number of hydrogen-bond donors (Lipinski definition) is 2. The highest BCUT2D eigenvalue weighted by molar-refractivity contribution is 6.41. The Morgan fingerprint density at radius 3 is 2.57 bits per heavy atom. The lowest BCUT2D eigenvalue weighted by molar-refractivity contribution is -0.138. The van der Waals surface area contributed by atoms with Gasteiger partial charge in [0.1, 0.15) is 5.15 Å². The number of aliphatic carboxylic acids is 1. The van der Waals surface area contributed by atoms with Crippen LogP contribution >= 0.6 is 23.2 Å². The number of carbonyl (C=O) groups is 2. The Labute approximate surface area is 133 Å². The number of rotatable bonds is 7. The molecule has 1 aromatic rings.